The third kappa shape index (κ3) is 5.26. The van der Waals surface area contributed by atoms with Crippen LogP contribution in [0.15, 0.2) is 18.2 Å². The van der Waals surface area contributed by atoms with E-state index in [-0.39, 0.29) is 11.9 Å². The number of carbonyl (C=O) groups is 1. The van der Waals surface area contributed by atoms with E-state index in [2.05, 4.69) is 5.32 Å². The van der Waals surface area contributed by atoms with Crippen molar-refractivity contribution in [3.8, 4) is 5.75 Å². The Morgan fingerprint density at radius 2 is 2.16 bits per heavy atom. The molecule has 0 aromatic heterocycles. The summed E-state index contributed by atoms with van der Waals surface area (Å²) in [5.41, 5.74) is 7.33. The van der Waals surface area contributed by atoms with E-state index in [1.54, 1.807) is 6.07 Å². The molecule has 0 bridgehead atoms. The number of hydrogen-bond acceptors (Lipinski definition) is 3. The highest BCUT2D eigenvalue weighted by atomic mass is 32.1. The van der Waals surface area contributed by atoms with Crippen LogP contribution < -0.4 is 15.8 Å². The predicted molar refractivity (Wildman–Crippen MR) is 80.5 cm³/mol. The van der Waals surface area contributed by atoms with Crippen LogP contribution >= 0.6 is 12.2 Å². The molecule has 4 nitrogen and oxygen atoms in total. The maximum Gasteiger partial charge on any atom is 0.223 e. The second-order valence-electron chi connectivity index (χ2n) is 4.67. The van der Waals surface area contributed by atoms with Gasteiger partial charge in [-0.1, -0.05) is 24.4 Å². The quantitative estimate of drug-likeness (QED) is 0.781. The standard InChI is InChI=1S/C14H20N2O2S/c1-9(2)16-13(17)6-7-18-12-8-11(14(15)19)5-4-10(12)3/h4-5,8-9H,6-7H2,1-3H3,(H2,15,19)(H,16,17). The van der Waals surface area contributed by atoms with Gasteiger partial charge >= 0.3 is 0 Å². The molecule has 0 aliphatic rings. The average Bonchev–Trinajstić information content (AvgIpc) is 2.30. The van der Waals surface area contributed by atoms with Gasteiger partial charge < -0.3 is 15.8 Å². The molecule has 19 heavy (non-hydrogen) atoms. The normalized spacial score (nSPS) is 10.3. The molecule has 1 aromatic carbocycles. The molecule has 0 fully saturated rings. The number of thiocarbonyl (C=S) groups is 1. The summed E-state index contributed by atoms with van der Waals surface area (Å²) in [6, 6.07) is 5.71. The van der Waals surface area contributed by atoms with Gasteiger partial charge in [0.15, 0.2) is 0 Å². The fraction of sp³-hybridized carbons (Fsp3) is 0.429. The molecule has 0 radical (unpaired) electrons. The Morgan fingerprint density at radius 3 is 2.74 bits per heavy atom. The lowest BCUT2D eigenvalue weighted by molar-refractivity contribution is -0.122. The van der Waals surface area contributed by atoms with Crippen molar-refractivity contribution in [2.75, 3.05) is 6.61 Å². The van der Waals surface area contributed by atoms with E-state index in [4.69, 9.17) is 22.7 Å². The van der Waals surface area contributed by atoms with E-state index >= 15 is 0 Å². The van der Waals surface area contributed by atoms with Crippen LogP contribution in [0.1, 0.15) is 31.4 Å². The molecule has 0 spiro atoms. The highest BCUT2D eigenvalue weighted by Crippen LogP contribution is 2.19. The Labute approximate surface area is 119 Å². The summed E-state index contributed by atoms with van der Waals surface area (Å²) >= 11 is 4.92. The van der Waals surface area contributed by atoms with Crippen molar-refractivity contribution in [1.29, 1.82) is 0 Å². The fourth-order valence-corrected chi connectivity index (χ4v) is 1.68. The van der Waals surface area contributed by atoms with Crippen LogP contribution in [-0.4, -0.2) is 23.5 Å². The summed E-state index contributed by atoms with van der Waals surface area (Å²) in [4.78, 5) is 11.8. The molecule has 0 atom stereocenters. The van der Waals surface area contributed by atoms with Crippen molar-refractivity contribution >= 4 is 23.1 Å². The van der Waals surface area contributed by atoms with E-state index < -0.39 is 0 Å². The van der Waals surface area contributed by atoms with Crippen molar-refractivity contribution in [1.82, 2.24) is 5.32 Å². The number of amides is 1. The molecule has 3 N–H and O–H groups in total. The first-order chi connectivity index (χ1) is 8.90. The van der Waals surface area contributed by atoms with Crippen molar-refractivity contribution in [2.24, 2.45) is 5.73 Å². The van der Waals surface area contributed by atoms with Gasteiger partial charge in [-0.05, 0) is 32.4 Å². The summed E-state index contributed by atoms with van der Waals surface area (Å²) in [6.07, 6.45) is 0.328. The average molecular weight is 280 g/mol. The van der Waals surface area contributed by atoms with Gasteiger partial charge in [0.1, 0.15) is 10.7 Å². The minimum absolute atomic E-state index is 0.0156. The number of carbonyl (C=O) groups excluding carboxylic acids is 1. The Kier molecular flexibility index (Phi) is 5.76. The van der Waals surface area contributed by atoms with Crippen LogP contribution in [0.25, 0.3) is 0 Å². The zero-order valence-corrected chi connectivity index (χ0v) is 12.3. The highest BCUT2D eigenvalue weighted by molar-refractivity contribution is 7.80. The zero-order chi connectivity index (χ0) is 14.4. The predicted octanol–water partition coefficient (Wildman–Crippen LogP) is 1.92. The SMILES string of the molecule is Cc1ccc(C(N)=S)cc1OCCC(=O)NC(C)C. The van der Waals surface area contributed by atoms with Crippen molar-refractivity contribution in [3.63, 3.8) is 0 Å². The Bertz CT molecular complexity index is 473. The molecule has 5 heteroatoms. The highest BCUT2D eigenvalue weighted by Gasteiger charge is 2.06. The van der Waals surface area contributed by atoms with Gasteiger partial charge in [-0.2, -0.15) is 0 Å². The van der Waals surface area contributed by atoms with E-state index in [0.717, 1.165) is 11.1 Å². The van der Waals surface area contributed by atoms with E-state index in [1.165, 1.54) is 0 Å². The molecule has 0 saturated heterocycles. The van der Waals surface area contributed by atoms with Crippen molar-refractivity contribution in [3.05, 3.63) is 29.3 Å². The van der Waals surface area contributed by atoms with Gasteiger partial charge in [0.05, 0.1) is 13.0 Å². The number of aryl methyl sites for hydroxylation is 1. The first-order valence-corrected chi connectivity index (χ1v) is 6.63. The largest absolute Gasteiger partial charge is 0.493 e. The number of nitrogens with two attached hydrogens (primary N) is 1. The van der Waals surface area contributed by atoms with Gasteiger partial charge in [-0.25, -0.2) is 0 Å². The van der Waals surface area contributed by atoms with Gasteiger partial charge in [0.2, 0.25) is 5.91 Å². The van der Waals surface area contributed by atoms with E-state index in [9.17, 15) is 4.79 Å². The maximum absolute atomic E-state index is 11.5. The van der Waals surface area contributed by atoms with Crippen LogP contribution in [0.3, 0.4) is 0 Å². The Morgan fingerprint density at radius 1 is 1.47 bits per heavy atom. The second-order valence-corrected chi connectivity index (χ2v) is 5.11. The third-order valence-electron chi connectivity index (χ3n) is 2.51. The maximum atomic E-state index is 11.5. The van der Waals surface area contributed by atoms with Crippen molar-refractivity contribution < 1.29 is 9.53 Å². The summed E-state index contributed by atoms with van der Waals surface area (Å²) in [7, 11) is 0. The zero-order valence-electron chi connectivity index (χ0n) is 11.5. The van der Waals surface area contributed by atoms with Gasteiger partial charge in [-0.15, -0.1) is 0 Å². The topological polar surface area (TPSA) is 64.3 Å². The molecule has 0 saturated carbocycles. The lowest BCUT2D eigenvalue weighted by atomic mass is 10.1. The summed E-state index contributed by atoms with van der Waals surface area (Å²) in [5, 5.41) is 2.81. The lowest BCUT2D eigenvalue weighted by Gasteiger charge is -2.12. The van der Waals surface area contributed by atoms with Gasteiger partial charge in [0.25, 0.3) is 0 Å². The molecule has 1 rings (SSSR count). The fourth-order valence-electron chi connectivity index (χ4n) is 1.56. The van der Waals surface area contributed by atoms with Crippen LogP contribution in [-0.2, 0) is 4.79 Å². The molecule has 0 aliphatic carbocycles. The molecule has 0 heterocycles. The van der Waals surface area contributed by atoms with Gasteiger partial charge in [-0.3, -0.25) is 4.79 Å². The monoisotopic (exact) mass is 280 g/mol. The number of ether oxygens (including phenoxy) is 1. The molecule has 1 aromatic rings. The smallest absolute Gasteiger partial charge is 0.223 e. The molecular weight excluding hydrogens is 260 g/mol. The molecule has 1 amide bonds. The van der Waals surface area contributed by atoms with E-state index in [1.807, 2.05) is 32.9 Å². The lowest BCUT2D eigenvalue weighted by Crippen LogP contribution is -2.31. The number of nitrogens with one attached hydrogen (secondary N) is 1. The Hall–Kier alpha value is -1.62. The number of rotatable bonds is 6. The summed E-state index contributed by atoms with van der Waals surface area (Å²) in [6.45, 7) is 6.12. The molecule has 104 valence electrons. The second kappa shape index (κ2) is 7.09. The number of benzene rings is 1. The van der Waals surface area contributed by atoms with Gasteiger partial charge in [0, 0.05) is 11.6 Å². The first kappa shape index (κ1) is 15.4. The van der Waals surface area contributed by atoms with Crippen LogP contribution in [0.5, 0.6) is 5.75 Å². The Balaban J connectivity index is 2.55. The summed E-state index contributed by atoms with van der Waals surface area (Å²) in [5.74, 6) is 0.695. The molecular formula is C14H20N2O2S. The number of hydrogen-bond donors (Lipinski definition) is 2. The van der Waals surface area contributed by atoms with Crippen LogP contribution in [0, 0.1) is 6.92 Å². The van der Waals surface area contributed by atoms with Crippen LogP contribution in [0.2, 0.25) is 0 Å². The minimum Gasteiger partial charge on any atom is -0.493 e. The van der Waals surface area contributed by atoms with E-state index in [0.29, 0.717) is 23.8 Å². The third-order valence-corrected chi connectivity index (χ3v) is 2.74. The molecule has 0 aliphatic heterocycles. The first-order valence-electron chi connectivity index (χ1n) is 6.22. The molecule has 0 unspecified atom stereocenters. The van der Waals surface area contributed by atoms with Crippen molar-refractivity contribution in [2.45, 2.75) is 33.2 Å². The summed E-state index contributed by atoms with van der Waals surface area (Å²) < 4.78 is 5.60. The van der Waals surface area contributed by atoms with Crippen LogP contribution in [0.4, 0.5) is 0 Å². The minimum atomic E-state index is -0.0156.